The van der Waals surface area contributed by atoms with E-state index in [1.165, 1.54) is 12.0 Å². The van der Waals surface area contributed by atoms with Crippen molar-refractivity contribution < 1.29 is 4.74 Å². The largest absolute Gasteiger partial charge is 0.381 e. The third-order valence-corrected chi connectivity index (χ3v) is 4.00. The van der Waals surface area contributed by atoms with Crippen LogP contribution in [-0.4, -0.2) is 42.7 Å². The minimum atomic E-state index is 0.140. The molecule has 0 radical (unpaired) electrons. The van der Waals surface area contributed by atoms with Gasteiger partial charge in [-0.25, -0.2) is 0 Å². The Labute approximate surface area is 116 Å². The molecule has 1 aromatic heterocycles. The standard InChI is InChI=1S/C15H25N3O/c1-2-18(10-14-4-7-17-8-5-14)12-15(11-16)6-3-9-19-13-15/h4-5,7-8H,2-3,6,9-13,16H2,1H3. The molecule has 0 saturated carbocycles. The van der Waals surface area contributed by atoms with Gasteiger partial charge in [-0.1, -0.05) is 6.92 Å². The highest BCUT2D eigenvalue weighted by Crippen LogP contribution is 2.29. The zero-order valence-electron chi connectivity index (χ0n) is 11.8. The maximum Gasteiger partial charge on any atom is 0.0546 e. The number of pyridine rings is 1. The predicted molar refractivity (Wildman–Crippen MR) is 76.7 cm³/mol. The van der Waals surface area contributed by atoms with Crippen molar-refractivity contribution in [1.29, 1.82) is 0 Å². The van der Waals surface area contributed by atoms with Gasteiger partial charge in [0, 0.05) is 44.0 Å². The second kappa shape index (κ2) is 6.98. The molecule has 2 N–H and O–H groups in total. The fraction of sp³-hybridized carbons (Fsp3) is 0.667. The highest BCUT2D eigenvalue weighted by Gasteiger charge is 2.33. The summed E-state index contributed by atoms with van der Waals surface area (Å²) < 4.78 is 5.66. The number of hydrogen-bond acceptors (Lipinski definition) is 4. The molecule has 1 aliphatic rings. The fourth-order valence-corrected chi connectivity index (χ4v) is 2.76. The Morgan fingerprint density at radius 1 is 1.42 bits per heavy atom. The molecule has 0 aliphatic carbocycles. The Bertz CT molecular complexity index is 363. The van der Waals surface area contributed by atoms with Crippen LogP contribution in [0.25, 0.3) is 0 Å². The zero-order valence-corrected chi connectivity index (χ0v) is 11.8. The Balaban J connectivity index is 1.97. The molecular formula is C15H25N3O. The van der Waals surface area contributed by atoms with Crippen molar-refractivity contribution in [3.63, 3.8) is 0 Å². The zero-order chi connectivity index (χ0) is 13.6. The first-order valence-electron chi connectivity index (χ1n) is 7.17. The Morgan fingerprint density at radius 2 is 2.21 bits per heavy atom. The van der Waals surface area contributed by atoms with E-state index >= 15 is 0 Å². The van der Waals surface area contributed by atoms with E-state index in [4.69, 9.17) is 10.5 Å². The van der Waals surface area contributed by atoms with Crippen LogP contribution in [0.3, 0.4) is 0 Å². The van der Waals surface area contributed by atoms with Gasteiger partial charge in [-0.2, -0.15) is 0 Å². The lowest BCUT2D eigenvalue weighted by molar-refractivity contribution is -0.0224. The number of nitrogens with two attached hydrogens (primary N) is 1. The summed E-state index contributed by atoms with van der Waals surface area (Å²) in [5.74, 6) is 0. The van der Waals surface area contributed by atoms with Crippen molar-refractivity contribution in [2.75, 3.05) is 32.8 Å². The topological polar surface area (TPSA) is 51.4 Å². The molecule has 1 aromatic rings. The van der Waals surface area contributed by atoms with Gasteiger partial charge in [0.05, 0.1) is 6.61 Å². The Morgan fingerprint density at radius 3 is 2.79 bits per heavy atom. The summed E-state index contributed by atoms with van der Waals surface area (Å²) in [6.45, 7) is 7.61. The van der Waals surface area contributed by atoms with Crippen molar-refractivity contribution in [3.8, 4) is 0 Å². The molecule has 4 nitrogen and oxygen atoms in total. The van der Waals surface area contributed by atoms with E-state index in [2.05, 4.69) is 28.9 Å². The second-order valence-electron chi connectivity index (χ2n) is 5.52. The summed E-state index contributed by atoms with van der Waals surface area (Å²) in [7, 11) is 0. The Hall–Kier alpha value is -0.970. The number of rotatable bonds is 6. The molecule has 1 unspecified atom stereocenters. The quantitative estimate of drug-likeness (QED) is 0.848. The molecule has 2 rings (SSSR count). The molecule has 0 spiro atoms. The fourth-order valence-electron chi connectivity index (χ4n) is 2.76. The van der Waals surface area contributed by atoms with Crippen molar-refractivity contribution in [2.45, 2.75) is 26.3 Å². The Kier molecular flexibility index (Phi) is 5.31. The third-order valence-electron chi connectivity index (χ3n) is 4.00. The van der Waals surface area contributed by atoms with E-state index in [0.717, 1.165) is 39.3 Å². The number of nitrogens with zero attached hydrogens (tertiary/aromatic N) is 2. The second-order valence-corrected chi connectivity index (χ2v) is 5.52. The molecule has 0 aromatic carbocycles. The first-order chi connectivity index (χ1) is 9.28. The molecule has 106 valence electrons. The maximum atomic E-state index is 6.02. The minimum absolute atomic E-state index is 0.140. The molecule has 0 amide bonds. The molecule has 19 heavy (non-hydrogen) atoms. The summed E-state index contributed by atoms with van der Waals surface area (Å²) in [5.41, 5.74) is 7.46. The summed E-state index contributed by atoms with van der Waals surface area (Å²) in [6.07, 6.45) is 6.01. The first kappa shape index (κ1) is 14.4. The van der Waals surface area contributed by atoms with Crippen LogP contribution in [0, 0.1) is 5.41 Å². The highest BCUT2D eigenvalue weighted by atomic mass is 16.5. The van der Waals surface area contributed by atoms with E-state index < -0.39 is 0 Å². The molecule has 4 heteroatoms. The van der Waals surface area contributed by atoms with Crippen LogP contribution in [0.4, 0.5) is 0 Å². The number of hydrogen-bond donors (Lipinski definition) is 1. The third kappa shape index (κ3) is 4.00. The number of aromatic nitrogens is 1. The van der Waals surface area contributed by atoms with Crippen LogP contribution in [0.2, 0.25) is 0 Å². The molecular weight excluding hydrogens is 238 g/mol. The summed E-state index contributed by atoms with van der Waals surface area (Å²) >= 11 is 0. The van der Waals surface area contributed by atoms with Crippen molar-refractivity contribution in [1.82, 2.24) is 9.88 Å². The molecule has 1 atom stereocenters. The lowest BCUT2D eigenvalue weighted by Crippen LogP contribution is -2.47. The predicted octanol–water partition coefficient (Wildman–Crippen LogP) is 1.66. The van der Waals surface area contributed by atoms with E-state index in [1.54, 1.807) is 0 Å². The first-order valence-corrected chi connectivity index (χ1v) is 7.17. The normalized spacial score (nSPS) is 23.7. The van der Waals surface area contributed by atoms with Crippen LogP contribution in [0.5, 0.6) is 0 Å². The SMILES string of the molecule is CCN(Cc1ccncc1)CC1(CN)CCCOC1. The average molecular weight is 263 g/mol. The van der Waals surface area contributed by atoms with Gasteiger partial charge in [-0.15, -0.1) is 0 Å². The molecule has 1 fully saturated rings. The lowest BCUT2D eigenvalue weighted by atomic mass is 9.82. The summed E-state index contributed by atoms with van der Waals surface area (Å²) in [4.78, 5) is 6.52. The molecule has 1 aliphatic heterocycles. The van der Waals surface area contributed by atoms with Crippen LogP contribution in [0.1, 0.15) is 25.3 Å². The van der Waals surface area contributed by atoms with Crippen molar-refractivity contribution in [3.05, 3.63) is 30.1 Å². The van der Waals surface area contributed by atoms with E-state index in [0.29, 0.717) is 6.54 Å². The summed E-state index contributed by atoms with van der Waals surface area (Å²) in [6, 6.07) is 4.16. The van der Waals surface area contributed by atoms with Gasteiger partial charge >= 0.3 is 0 Å². The van der Waals surface area contributed by atoms with Crippen LogP contribution in [-0.2, 0) is 11.3 Å². The average Bonchev–Trinajstić information content (AvgIpc) is 2.48. The molecule has 2 heterocycles. The minimum Gasteiger partial charge on any atom is -0.381 e. The van der Waals surface area contributed by atoms with E-state index in [9.17, 15) is 0 Å². The van der Waals surface area contributed by atoms with Crippen LogP contribution >= 0.6 is 0 Å². The van der Waals surface area contributed by atoms with E-state index in [1.807, 2.05) is 12.4 Å². The van der Waals surface area contributed by atoms with E-state index in [-0.39, 0.29) is 5.41 Å². The van der Waals surface area contributed by atoms with Gasteiger partial charge < -0.3 is 10.5 Å². The maximum absolute atomic E-state index is 6.02. The van der Waals surface area contributed by atoms with Crippen molar-refractivity contribution >= 4 is 0 Å². The van der Waals surface area contributed by atoms with Crippen LogP contribution in [0.15, 0.2) is 24.5 Å². The van der Waals surface area contributed by atoms with Gasteiger partial charge in [0.2, 0.25) is 0 Å². The highest BCUT2D eigenvalue weighted by molar-refractivity contribution is 5.09. The lowest BCUT2D eigenvalue weighted by Gasteiger charge is -2.39. The number of ether oxygens (including phenoxy) is 1. The van der Waals surface area contributed by atoms with Gasteiger partial charge in [0.1, 0.15) is 0 Å². The summed E-state index contributed by atoms with van der Waals surface area (Å²) in [5, 5.41) is 0. The van der Waals surface area contributed by atoms with Gasteiger partial charge in [0.15, 0.2) is 0 Å². The monoisotopic (exact) mass is 263 g/mol. The van der Waals surface area contributed by atoms with Crippen molar-refractivity contribution in [2.24, 2.45) is 11.1 Å². The molecule has 1 saturated heterocycles. The van der Waals surface area contributed by atoms with Gasteiger partial charge in [-0.3, -0.25) is 9.88 Å². The van der Waals surface area contributed by atoms with Gasteiger partial charge in [-0.05, 0) is 37.1 Å². The smallest absolute Gasteiger partial charge is 0.0546 e. The molecule has 0 bridgehead atoms. The van der Waals surface area contributed by atoms with Crippen LogP contribution < -0.4 is 5.73 Å². The van der Waals surface area contributed by atoms with Gasteiger partial charge in [0.25, 0.3) is 0 Å².